The number of carbonyl (C=O) groups excluding carboxylic acids is 1. The molecule has 0 saturated carbocycles. The van der Waals surface area contributed by atoms with Gasteiger partial charge in [0.15, 0.2) is 6.29 Å². The van der Waals surface area contributed by atoms with Crippen LogP contribution in [0.5, 0.6) is 0 Å². The topological polar surface area (TPSA) is 202 Å². The minimum atomic E-state index is -1.51. The number of nitrogens with zero attached hydrogens (tertiary/aromatic N) is 1. The predicted octanol–water partition coefficient (Wildman–Crippen LogP) is -2.55. The van der Waals surface area contributed by atoms with E-state index in [2.05, 4.69) is 10.2 Å². The molecule has 10 atom stereocenters. The lowest BCUT2D eigenvalue weighted by atomic mass is 9.93. The van der Waals surface area contributed by atoms with Crippen molar-refractivity contribution in [2.75, 3.05) is 39.4 Å². The summed E-state index contributed by atoms with van der Waals surface area (Å²) in [5.74, 6) is 0.0323. The van der Waals surface area contributed by atoms with Crippen LogP contribution in [0.15, 0.2) is 0 Å². The number of rotatable bonds is 16. The zero-order valence-electron chi connectivity index (χ0n) is 22.5. The molecular formula is C25H48N2O11. The maximum Gasteiger partial charge on any atom is 0.219 e. The highest BCUT2D eigenvalue weighted by Gasteiger charge is 2.44. The Hall–Kier alpha value is -0.970. The largest absolute Gasteiger partial charge is 0.394 e. The lowest BCUT2D eigenvalue weighted by Crippen LogP contribution is -2.59. The molecule has 0 aromatic rings. The quantitative estimate of drug-likeness (QED) is 0.0933. The van der Waals surface area contributed by atoms with Gasteiger partial charge in [-0.1, -0.05) is 6.42 Å². The zero-order valence-corrected chi connectivity index (χ0v) is 22.5. The first-order chi connectivity index (χ1) is 18.1. The van der Waals surface area contributed by atoms with Crippen molar-refractivity contribution in [2.24, 2.45) is 0 Å². The molecule has 0 aromatic heterocycles. The van der Waals surface area contributed by atoms with E-state index in [1.807, 2.05) is 6.92 Å². The molecule has 0 radical (unpaired) electrons. The van der Waals surface area contributed by atoms with E-state index in [0.29, 0.717) is 45.4 Å². The van der Waals surface area contributed by atoms with Crippen molar-refractivity contribution in [1.82, 2.24) is 10.2 Å². The van der Waals surface area contributed by atoms with Crippen LogP contribution in [0, 0.1) is 0 Å². The molecule has 2 heterocycles. The van der Waals surface area contributed by atoms with Crippen molar-refractivity contribution in [3.05, 3.63) is 0 Å². The zero-order chi connectivity index (χ0) is 28.2. The van der Waals surface area contributed by atoms with Crippen LogP contribution >= 0.6 is 0 Å². The third-order valence-corrected chi connectivity index (χ3v) is 7.20. The Morgan fingerprint density at radius 2 is 1.47 bits per heavy atom. The van der Waals surface area contributed by atoms with Gasteiger partial charge in [0, 0.05) is 19.5 Å². The molecule has 2 fully saturated rings. The van der Waals surface area contributed by atoms with Crippen LogP contribution in [0.1, 0.15) is 52.4 Å². The summed E-state index contributed by atoms with van der Waals surface area (Å²) in [6.07, 6.45) is -7.43. The summed E-state index contributed by atoms with van der Waals surface area (Å²) in [5, 5.41) is 72.4. The molecule has 224 valence electrons. The number of hydrogen-bond acceptors (Lipinski definition) is 12. The van der Waals surface area contributed by atoms with Crippen LogP contribution in [0.4, 0.5) is 0 Å². The third kappa shape index (κ3) is 9.89. The van der Waals surface area contributed by atoms with Crippen LogP contribution in [0.25, 0.3) is 0 Å². The second kappa shape index (κ2) is 17.0. The van der Waals surface area contributed by atoms with Crippen molar-refractivity contribution in [3.8, 4) is 0 Å². The van der Waals surface area contributed by atoms with Gasteiger partial charge in [0.05, 0.1) is 25.4 Å². The molecule has 0 bridgehead atoms. The SMILES string of the molecule is CCNC(=O)CCCCCN(CCC[C@@H]1O[C@@H](C)[C@@H](O)[C@@H](O)[C@@H]1O)CCO[C@H]1O[C@H](CO)[C@@H](O)[C@H](O)[C@@H]1O. The van der Waals surface area contributed by atoms with E-state index in [1.54, 1.807) is 6.92 Å². The number of hydrogen-bond donors (Lipinski definition) is 8. The van der Waals surface area contributed by atoms with Crippen molar-refractivity contribution in [3.63, 3.8) is 0 Å². The minimum absolute atomic E-state index is 0.0323. The molecule has 13 heteroatoms. The highest BCUT2D eigenvalue weighted by molar-refractivity contribution is 5.75. The molecule has 8 N–H and O–H groups in total. The fourth-order valence-corrected chi connectivity index (χ4v) is 4.81. The smallest absolute Gasteiger partial charge is 0.219 e. The molecule has 0 unspecified atom stereocenters. The molecule has 2 aliphatic rings. The first-order valence-electron chi connectivity index (χ1n) is 13.7. The second-order valence-electron chi connectivity index (χ2n) is 10.2. The van der Waals surface area contributed by atoms with Gasteiger partial charge in [0.25, 0.3) is 0 Å². The third-order valence-electron chi connectivity index (χ3n) is 7.20. The van der Waals surface area contributed by atoms with E-state index in [9.17, 15) is 40.5 Å². The van der Waals surface area contributed by atoms with E-state index >= 15 is 0 Å². The maximum absolute atomic E-state index is 11.6. The van der Waals surface area contributed by atoms with E-state index in [-0.39, 0.29) is 12.5 Å². The fraction of sp³-hybridized carbons (Fsp3) is 0.960. The summed E-state index contributed by atoms with van der Waals surface area (Å²) in [7, 11) is 0. The molecule has 13 nitrogen and oxygen atoms in total. The number of unbranched alkanes of at least 4 members (excludes halogenated alkanes) is 2. The summed E-state index contributed by atoms with van der Waals surface area (Å²) in [5.41, 5.74) is 0. The lowest BCUT2D eigenvalue weighted by molar-refractivity contribution is -0.301. The van der Waals surface area contributed by atoms with E-state index in [4.69, 9.17) is 14.2 Å². The highest BCUT2D eigenvalue weighted by atomic mass is 16.7. The normalized spacial score (nSPS) is 35.9. The van der Waals surface area contributed by atoms with Crippen LogP contribution in [0.2, 0.25) is 0 Å². The second-order valence-corrected chi connectivity index (χ2v) is 10.2. The van der Waals surface area contributed by atoms with Crippen molar-refractivity contribution < 1.29 is 54.8 Å². The van der Waals surface area contributed by atoms with Gasteiger partial charge in [-0.15, -0.1) is 0 Å². The van der Waals surface area contributed by atoms with E-state index in [0.717, 1.165) is 19.3 Å². The van der Waals surface area contributed by atoms with Gasteiger partial charge in [-0.3, -0.25) is 4.79 Å². The minimum Gasteiger partial charge on any atom is -0.394 e. The Labute approximate surface area is 224 Å². The Kier molecular flexibility index (Phi) is 14.9. The molecule has 38 heavy (non-hydrogen) atoms. The van der Waals surface area contributed by atoms with E-state index < -0.39 is 67.8 Å². The molecule has 0 aromatic carbocycles. The van der Waals surface area contributed by atoms with Gasteiger partial charge in [-0.05, 0) is 52.6 Å². The Balaban J connectivity index is 1.84. The van der Waals surface area contributed by atoms with Crippen molar-refractivity contribution in [2.45, 2.75) is 114 Å². The Morgan fingerprint density at radius 3 is 2.16 bits per heavy atom. The van der Waals surface area contributed by atoms with Gasteiger partial charge in [0.1, 0.15) is 42.7 Å². The van der Waals surface area contributed by atoms with E-state index in [1.165, 1.54) is 0 Å². The number of aliphatic hydroxyl groups is 7. The van der Waals surface area contributed by atoms with Crippen molar-refractivity contribution in [1.29, 1.82) is 0 Å². The molecule has 2 saturated heterocycles. The maximum atomic E-state index is 11.6. The highest BCUT2D eigenvalue weighted by Crippen LogP contribution is 2.24. The molecule has 2 rings (SSSR count). The van der Waals surface area contributed by atoms with Crippen LogP contribution in [0.3, 0.4) is 0 Å². The lowest BCUT2D eigenvalue weighted by Gasteiger charge is -2.40. The first kappa shape index (κ1) is 33.2. The van der Waals surface area contributed by atoms with Crippen LogP contribution in [-0.2, 0) is 19.0 Å². The molecule has 1 amide bonds. The van der Waals surface area contributed by atoms with Gasteiger partial charge >= 0.3 is 0 Å². The molecule has 0 spiro atoms. The van der Waals surface area contributed by atoms with Gasteiger partial charge in [-0.2, -0.15) is 0 Å². The predicted molar refractivity (Wildman–Crippen MR) is 135 cm³/mol. The average molecular weight is 553 g/mol. The standard InChI is InChI=1S/C25H48N2O11/c1-3-26-18(29)9-5-4-6-10-27(11-7-8-16-20(31)22(33)19(30)15(2)37-16)12-13-36-25-24(35)23(34)21(32)17(14-28)38-25/h15-17,19-25,28,30-35H,3-14H2,1-2H3,(H,26,29)/t15-,16-,17+,19+,20+,21+,22+,23-,24-,25-/m0/s1. The Bertz CT molecular complexity index is 673. The Morgan fingerprint density at radius 1 is 0.816 bits per heavy atom. The summed E-state index contributed by atoms with van der Waals surface area (Å²) in [6, 6.07) is 0. The number of ether oxygens (including phenoxy) is 3. The van der Waals surface area contributed by atoms with Gasteiger partial charge in [0.2, 0.25) is 5.91 Å². The van der Waals surface area contributed by atoms with Gasteiger partial charge in [-0.25, -0.2) is 0 Å². The number of carbonyl (C=O) groups is 1. The molecular weight excluding hydrogens is 504 g/mol. The first-order valence-corrected chi connectivity index (χ1v) is 13.7. The monoisotopic (exact) mass is 552 g/mol. The fourth-order valence-electron chi connectivity index (χ4n) is 4.81. The summed E-state index contributed by atoms with van der Waals surface area (Å²) >= 11 is 0. The van der Waals surface area contributed by atoms with Gasteiger partial charge < -0.3 is 60.2 Å². The van der Waals surface area contributed by atoms with Crippen molar-refractivity contribution >= 4 is 5.91 Å². The number of nitrogens with one attached hydrogen (secondary N) is 1. The number of aliphatic hydroxyl groups excluding tert-OH is 7. The van der Waals surface area contributed by atoms with Crippen LogP contribution in [-0.4, -0.2) is 147 Å². The summed E-state index contributed by atoms with van der Waals surface area (Å²) in [6.45, 7) is 5.53. The number of amides is 1. The molecule has 2 aliphatic heterocycles. The summed E-state index contributed by atoms with van der Waals surface area (Å²) in [4.78, 5) is 13.8. The summed E-state index contributed by atoms with van der Waals surface area (Å²) < 4.78 is 16.7. The van der Waals surface area contributed by atoms with Crippen LogP contribution < -0.4 is 5.32 Å². The average Bonchev–Trinajstić information content (AvgIpc) is 2.89. The molecule has 0 aliphatic carbocycles.